The number of methoxy groups -OCH3 is 1. The van der Waals surface area contributed by atoms with Crippen molar-refractivity contribution in [1.29, 1.82) is 0 Å². The molecule has 142 valence electrons. The Balaban J connectivity index is 1.36. The Morgan fingerprint density at radius 3 is 2.19 bits per heavy atom. The van der Waals surface area contributed by atoms with E-state index < -0.39 is 0 Å². The van der Waals surface area contributed by atoms with Gasteiger partial charge in [0.25, 0.3) is 0 Å². The third-order valence-corrected chi connectivity index (χ3v) is 7.06. The molecule has 0 spiro atoms. The van der Waals surface area contributed by atoms with Gasteiger partial charge in [0.2, 0.25) is 5.91 Å². The van der Waals surface area contributed by atoms with Crippen molar-refractivity contribution in [2.24, 2.45) is 17.8 Å². The van der Waals surface area contributed by atoms with Crippen LogP contribution >= 0.6 is 0 Å². The van der Waals surface area contributed by atoms with Crippen LogP contribution in [0.1, 0.15) is 51.0 Å². The molecular weight excluding hydrogens is 324 g/mol. The highest BCUT2D eigenvalue weighted by atomic mass is 16.5. The first-order valence-corrected chi connectivity index (χ1v) is 10.1. The lowest BCUT2D eigenvalue weighted by molar-refractivity contribution is -0.131. The fraction of sp³-hybridized carbons (Fsp3) is 0.682. The zero-order valence-corrected chi connectivity index (χ0v) is 16.3. The van der Waals surface area contributed by atoms with Crippen molar-refractivity contribution in [3.8, 4) is 5.75 Å². The largest absolute Gasteiger partial charge is 0.497 e. The molecule has 4 heteroatoms. The van der Waals surface area contributed by atoms with Crippen LogP contribution in [0, 0.1) is 17.8 Å². The van der Waals surface area contributed by atoms with Gasteiger partial charge in [-0.15, -0.1) is 0 Å². The number of carbonyl (C=O) groups is 1. The van der Waals surface area contributed by atoms with E-state index in [9.17, 15) is 4.79 Å². The predicted octanol–water partition coefficient (Wildman–Crippen LogP) is 3.60. The summed E-state index contributed by atoms with van der Waals surface area (Å²) in [6, 6.07) is 7.97. The number of benzene rings is 1. The number of amides is 1. The zero-order valence-electron chi connectivity index (χ0n) is 16.3. The van der Waals surface area contributed by atoms with E-state index in [1.54, 1.807) is 7.11 Å². The highest BCUT2D eigenvalue weighted by Crippen LogP contribution is 2.55. The van der Waals surface area contributed by atoms with E-state index in [4.69, 9.17) is 4.74 Å². The molecular formula is C22H32N2O2. The molecule has 1 aromatic rings. The van der Waals surface area contributed by atoms with Crippen LogP contribution in [0.4, 0.5) is 0 Å². The Labute approximate surface area is 157 Å². The van der Waals surface area contributed by atoms with Crippen LogP contribution < -0.4 is 10.1 Å². The molecule has 4 bridgehead atoms. The minimum atomic E-state index is -0.120. The second-order valence-corrected chi connectivity index (χ2v) is 9.13. The molecule has 4 aliphatic carbocycles. The molecule has 1 aromatic carbocycles. The topological polar surface area (TPSA) is 41.6 Å². The van der Waals surface area contributed by atoms with Crippen LogP contribution in [0.3, 0.4) is 0 Å². The van der Waals surface area contributed by atoms with E-state index >= 15 is 0 Å². The lowest BCUT2D eigenvalue weighted by Gasteiger charge is -2.57. The molecule has 26 heavy (non-hydrogen) atoms. The van der Waals surface area contributed by atoms with Gasteiger partial charge >= 0.3 is 0 Å². The summed E-state index contributed by atoms with van der Waals surface area (Å²) in [7, 11) is 3.71. The first-order valence-electron chi connectivity index (χ1n) is 10.1. The van der Waals surface area contributed by atoms with Crippen LogP contribution in [0.25, 0.3) is 0 Å². The summed E-state index contributed by atoms with van der Waals surface area (Å²) < 4.78 is 5.22. The average Bonchev–Trinajstić information content (AvgIpc) is 2.60. The van der Waals surface area contributed by atoms with Gasteiger partial charge in [-0.25, -0.2) is 0 Å². The molecule has 1 N–H and O–H groups in total. The molecule has 0 aromatic heterocycles. The Kier molecular flexibility index (Phi) is 4.72. The number of nitrogens with one attached hydrogen (secondary N) is 1. The standard InChI is InChI=1S/C22H32N2O2/c1-15(24(2)14-16-4-6-20(26-3)7-5-16)21(25)23-22-11-17-8-18(12-22)10-19(9-17)13-22/h4-7,15,17-19H,8-14H2,1-3H3,(H,23,25)/t15-,17?,18?,19?,22?/m0/s1. The van der Waals surface area contributed by atoms with Crippen LogP contribution in [0.5, 0.6) is 5.75 Å². The highest BCUT2D eigenvalue weighted by molar-refractivity contribution is 5.82. The van der Waals surface area contributed by atoms with E-state index in [0.717, 1.165) is 30.0 Å². The third-order valence-electron chi connectivity index (χ3n) is 7.06. The van der Waals surface area contributed by atoms with Crippen molar-refractivity contribution in [3.63, 3.8) is 0 Å². The van der Waals surface area contributed by atoms with Crippen molar-refractivity contribution >= 4 is 5.91 Å². The summed E-state index contributed by atoms with van der Waals surface area (Å²) in [6.45, 7) is 2.79. The number of ether oxygens (including phenoxy) is 1. The molecule has 0 aliphatic heterocycles. The Bertz CT molecular complexity index is 619. The first kappa shape index (κ1) is 17.8. The van der Waals surface area contributed by atoms with Gasteiger partial charge in [-0.05, 0) is 87.9 Å². The average molecular weight is 357 g/mol. The SMILES string of the molecule is COc1ccc(CN(C)[C@@H](C)C(=O)NC23CC4CC(CC(C4)C2)C3)cc1. The normalized spacial score (nSPS) is 33.3. The van der Waals surface area contributed by atoms with Crippen molar-refractivity contribution in [3.05, 3.63) is 29.8 Å². The lowest BCUT2D eigenvalue weighted by atomic mass is 9.53. The Morgan fingerprint density at radius 2 is 1.69 bits per heavy atom. The summed E-state index contributed by atoms with van der Waals surface area (Å²) >= 11 is 0. The number of rotatable bonds is 6. The molecule has 4 nitrogen and oxygen atoms in total. The van der Waals surface area contributed by atoms with Crippen LogP contribution in [0.2, 0.25) is 0 Å². The molecule has 0 radical (unpaired) electrons. The number of carbonyl (C=O) groups excluding carboxylic acids is 1. The molecule has 0 unspecified atom stereocenters. The fourth-order valence-electron chi connectivity index (χ4n) is 5.99. The molecule has 4 fully saturated rings. The predicted molar refractivity (Wildman–Crippen MR) is 103 cm³/mol. The minimum Gasteiger partial charge on any atom is -0.497 e. The summed E-state index contributed by atoms with van der Waals surface area (Å²) in [5.41, 5.74) is 1.30. The van der Waals surface area contributed by atoms with Gasteiger partial charge in [0.1, 0.15) is 5.75 Å². The van der Waals surface area contributed by atoms with Crippen LogP contribution in [0.15, 0.2) is 24.3 Å². The van der Waals surface area contributed by atoms with Gasteiger partial charge < -0.3 is 10.1 Å². The monoisotopic (exact) mass is 356 g/mol. The van der Waals surface area contributed by atoms with E-state index in [-0.39, 0.29) is 17.5 Å². The van der Waals surface area contributed by atoms with Crippen molar-refractivity contribution < 1.29 is 9.53 Å². The van der Waals surface area contributed by atoms with Gasteiger partial charge in [-0.2, -0.15) is 0 Å². The van der Waals surface area contributed by atoms with Gasteiger partial charge in [0.05, 0.1) is 13.2 Å². The summed E-state index contributed by atoms with van der Waals surface area (Å²) in [4.78, 5) is 15.1. The van der Waals surface area contributed by atoms with Crippen molar-refractivity contribution in [1.82, 2.24) is 10.2 Å². The fourth-order valence-corrected chi connectivity index (χ4v) is 5.99. The van der Waals surface area contributed by atoms with E-state index in [1.165, 1.54) is 44.1 Å². The number of hydrogen-bond acceptors (Lipinski definition) is 3. The van der Waals surface area contributed by atoms with E-state index in [0.29, 0.717) is 0 Å². The molecule has 5 rings (SSSR count). The maximum absolute atomic E-state index is 13.0. The summed E-state index contributed by atoms with van der Waals surface area (Å²) in [6.07, 6.45) is 7.84. The van der Waals surface area contributed by atoms with E-state index in [1.807, 2.05) is 26.1 Å². The number of likely N-dealkylation sites (N-methyl/N-ethyl adjacent to an activating group) is 1. The molecule has 1 atom stereocenters. The van der Waals surface area contributed by atoms with Gasteiger partial charge in [0, 0.05) is 12.1 Å². The van der Waals surface area contributed by atoms with Crippen LogP contribution in [-0.2, 0) is 11.3 Å². The molecule has 1 amide bonds. The molecule has 0 heterocycles. The third kappa shape index (κ3) is 3.48. The van der Waals surface area contributed by atoms with E-state index in [2.05, 4.69) is 22.3 Å². The number of hydrogen-bond donors (Lipinski definition) is 1. The van der Waals surface area contributed by atoms with Crippen LogP contribution in [-0.4, -0.2) is 36.5 Å². The van der Waals surface area contributed by atoms with Gasteiger partial charge in [-0.3, -0.25) is 9.69 Å². The van der Waals surface area contributed by atoms with Gasteiger partial charge in [0.15, 0.2) is 0 Å². The Hall–Kier alpha value is -1.55. The smallest absolute Gasteiger partial charge is 0.237 e. The first-order chi connectivity index (χ1) is 12.5. The maximum atomic E-state index is 13.0. The minimum absolute atomic E-state index is 0.0983. The Morgan fingerprint density at radius 1 is 1.15 bits per heavy atom. The second-order valence-electron chi connectivity index (χ2n) is 9.13. The van der Waals surface area contributed by atoms with Crippen molar-refractivity contribution in [2.75, 3.05) is 14.2 Å². The maximum Gasteiger partial charge on any atom is 0.237 e. The number of nitrogens with zero attached hydrogens (tertiary/aromatic N) is 1. The highest BCUT2D eigenvalue weighted by Gasteiger charge is 2.51. The quantitative estimate of drug-likeness (QED) is 0.847. The zero-order chi connectivity index (χ0) is 18.3. The van der Waals surface area contributed by atoms with Crippen molar-refractivity contribution in [2.45, 2.75) is 63.6 Å². The lowest BCUT2D eigenvalue weighted by Crippen LogP contribution is -2.62. The molecule has 0 saturated heterocycles. The second kappa shape index (κ2) is 6.88. The van der Waals surface area contributed by atoms with Gasteiger partial charge in [-0.1, -0.05) is 12.1 Å². The molecule has 4 aliphatic rings. The summed E-state index contributed by atoms with van der Waals surface area (Å²) in [5.74, 6) is 3.63. The molecule has 4 saturated carbocycles. The summed E-state index contributed by atoms with van der Waals surface area (Å²) in [5, 5.41) is 3.51.